The Balaban J connectivity index is 1.47. The molecule has 0 spiro atoms. The number of fused-ring (bicyclic) bond motifs is 1. The Hall–Kier alpha value is -1.29. The number of hydrogen-bond donors (Lipinski definition) is 1. The number of rotatable bonds is 4. The van der Waals surface area contributed by atoms with E-state index in [1.165, 1.54) is 18.4 Å². The third-order valence-corrected chi connectivity index (χ3v) is 4.24. The lowest BCUT2D eigenvalue weighted by Gasteiger charge is -2.23. The van der Waals surface area contributed by atoms with Crippen molar-refractivity contribution in [3.8, 4) is 0 Å². The lowest BCUT2D eigenvalue weighted by Crippen LogP contribution is -2.32. The van der Waals surface area contributed by atoms with Crippen molar-refractivity contribution in [1.82, 2.24) is 10.2 Å². The van der Waals surface area contributed by atoms with E-state index in [0.29, 0.717) is 18.4 Å². The lowest BCUT2D eigenvalue weighted by atomic mass is 9.93. The number of carbonyl (C=O) groups excluding carboxylic acids is 1. The average molecular weight is 262 g/mol. The van der Waals surface area contributed by atoms with Crippen LogP contribution < -0.4 is 5.32 Å². The van der Waals surface area contributed by atoms with Crippen LogP contribution in [0.5, 0.6) is 0 Å². The molecule has 1 unspecified atom stereocenters. The number of nitrogens with one attached hydrogen (secondary N) is 1. The Kier molecular flexibility index (Phi) is 3.87. The normalized spacial score (nSPS) is 22.5. The summed E-state index contributed by atoms with van der Waals surface area (Å²) in [5.74, 6) is 1.42. The van der Waals surface area contributed by atoms with Gasteiger partial charge in [-0.1, -0.05) is 0 Å². The van der Waals surface area contributed by atoms with Gasteiger partial charge in [0.05, 0.1) is 6.26 Å². The van der Waals surface area contributed by atoms with Crippen LogP contribution in [-0.4, -0.2) is 30.4 Å². The molecule has 3 rings (SSSR count). The van der Waals surface area contributed by atoms with Gasteiger partial charge in [-0.25, -0.2) is 0 Å². The fraction of sp³-hybridized carbons (Fsp3) is 0.667. The Labute approximate surface area is 114 Å². The molecule has 2 heterocycles. The molecule has 1 aliphatic heterocycles. The van der Waals surface area contributed by atoms with Gasteiger partial charge in [-0.3, -0.25) is 4.79 Å². The number of carbonyl (C=O) groups is 1. The molecule has 0 bridgehead atoms. The average Bonchev–Trinajstić information content (AvgIpc) is 3.10. The number of nitrogens with zero attached hydrogens (tertiary/aromatic N) is 1. The quantitative estimate of drug-likeness (QED) is 0.905. The van der Waals surface area contributed by atoms with Crippen LogP contribution in [0.15, 0.2) is 16.7 Å². The van der Waals surface area contributed by atoms with Gasteiger partial charge in [0.15, 0.2) is 0 Å². The molecule has 1 fully saturated rings. The summed E-state index contributed by atoms with van der Waals surface area (Å²) in [5, 5.41) is 3.51. The molecule has 1 aromatic rings. The molecule has 1 amide bonds. The van der Waals surface area contributed by atoms with Gasteiger partial charge in [0.2, 0.25) is 5.91 Å². The van der Waals surface area contributed by atoms with E-state index in [0.717, 1.165) is 44.7 Å². The highest BCUT2D eigenvalue weighted by Crippen LogP contribution is 2.30. The van der Waals surface area contributed by atoms with E-state index in [9.17, 15) is 4.79 Å². The predicted octanol–water partition coefficient (Wildman–Crippen LogP) is 2.26. The molecule has 104 valence electrons. The van der Waals surface area contributed by atoms with Crippen LogP contribution >= 0.6 is 0 Å². The van der Waals surface area contributed by atoms with Crippen LogP contribution in [0.4, 0.5) is 0 Å². The molecule has 1 aliphatic carbocycles. The molecule has 0 aromatic carbocycles. The van der Waals surface area contributed by atoms with Gasteiger partial charge >= 0.3 is 0 Å². The first-order valence-corrected chi connectivity index (χ1v) is 7.42. The van der Waals surface area contributed by atoms with E-state index < -0.39 is 0 Å². The van der Waals surface area contributed by atoms with Crippen molar-refractivity contribution in [1.29, 1.82) is 0 Å². The molecular formula is C15H22N2O2. The van der Waals surface area contributed by atoms with E-state index in [-0.39, 0.29) is 0 Å². The molecule has 0 saturated carbocycles. The summed E-state index contributed by atoms with van der Waals surface area (Å²) in [6.07, 6.45) is 8.08. The summed E-state index contributed by atoms with van der Waals surface area (Å²) >= 11 is 0. The number of hydrogen-bond acceptors (Lipinski definition) is 3. The van der Waals surface area contributed by atoms with E-state index >= 15 is 0 Å². The largest absolute Gasteiger partial charge is 0.469 e. The molecule has 2 aliphatic rings. The van der Waals surface area contributed by atoms with Crippen LogP contribution in [0.2, 0.25) is 0 Å². The fourth-order valence-corrected chi connectivity index (χ4v) is 3.18. The van der Waals surface area contributed by atoms with Crippen LogP contribution in [-0.2, 0) is 11.2 Å². The maximum Gasteiger partial charge on any atom is 0.223 e. The Morgan fingerprint density at radius 1 is 1.37 bits per heavy atom. The number of likely N-dealkylation sites (tertiary alicyclic amines) is 1. The molecule has 4 heteroatoms. The standard InChI is InChI=1S/C15H22N2O2/c18-15(17-9-1-2-10-17)6-8-16-13-4-3-5-14-12(13)7-11-19-14/h7,11,13,16H,1-6,8-10H2. The van der Waals surface area contributed by atoms with Crippen molar-refractivity contribution in [3.63, 3.8) is 0 Å². The second-order valence-electron chi connectivity index (χ2n) is 5.54. The first kappa shape index (κ1) is 12.7. The molecule has 1 atom stereocenters. The number of aryl methyl sites for hydroxylation is 1. The van der Waals surface area contributed by atoms with Crippen molar-refractivity contribution in [3.05, 3.63) is 23.7 Å². The Morgan fingerprint density at radius 3 is 3.05 bits per heavy atom. The highest BCUT2D eigenvalue weighted by atomic mass is 16.3. The second kappa shape index (κ2) is 5.78. The van der Waals surface area contributed by atoms with E-state index in [1.807, 2.05) is 4.90 Å². The third-order valence-electron chi connectivity index (χ3n) is 4.24. The van der Waals surface area contributed by atoms with Crippen molar-refractivity contribution in [2.45, 2.75) is 44.6 Å². The van der Waals surface area contributed by atoms with E-state index in [4.69, 9.17) is 4.42 Å². The smallest absolute Gasteiger partial charge is 0.223 e. The monoisotopic (exact) mass is 262 g/mol. The zero-order valence-electron chi connectivity index (χ0n) is 11.4. The lowest BCUT2D eigenvalue weighted by molar-refractivity contribution is -0.130. The maximum atomic E-state index is 11.9. The van der Waals surface area contributed by atoms with E-state index in [1.54, 1.807) is 6.26 Å². The summed E-state index contributed by atoms with van der Waals surface area (Å²) in [5.41, 5.74) is 1.29. The van der Waals surface area contributed by atoms with Crippen molar-refractivity contribution in [2.75, 3.05) is 19.6 Å². The highest BCUT2D eigenvalue weighted by Gasteiger charge is 2.23. The first-order chi connectivity index (χ1) is 9.34. The summed E-state index contributed by atoms with van der Waals surface area (Å²) in [6, 6.07) is 2.43. The molecular weight excluding hydrogens is 240 g/mol. The SMILES string of the molecule is O=C(CCNC1CCCc2occc21)N1CCCC1. The fourth-order valence-electron chi connectivity index (χ4n) is 3.18. The number of amides is 1. The van der Waals surface area contributed by atoms with Gasteiger partial charge in [0.25, 0.3) is 0 Å². The molecule has 1 N–H and O–H groups in total. The van der Waals surface area contributed by atoms with Crippen molar-refractivity contribution < 1.29 is 9.21 Å². The number of furan rings is 1. The predicted molar refractivity (Wildman–Crippen MR) is 72.8 cm³/mol. The van der Waals surface area contributed by atoms with Crippen LogP contribution in [0.25, 0.3) is 0 Å². The van der Waals surface area contributed by atoms with Gasteiger partial charge < -0.3 is 14.6 Å². The van der Waals surface area contributed by atoms with Gasteiger partial charge in [-0.15, -0.1) is 0 Å². The van der Waals surface area contributed by atoms with Crippen LogP contribution in [0, 0.1) is 0 Å². The van der Waals surface area contributed by atoms with E-state index in [2.05, 4.69) is 11.4 Å². The minimum atomic E-state index is 0.299. The zero-order valence-corrected chi connectivity index (χ0v) is 11.4. The topological polar surface area (TPSA) is 45.5 Å². The van der Waals surface area contributed by atoms with Crippen molar-refractivity contribution in [2.24, 2.45) is 0 Å². The van der Waals surface area contributed by atoms with Crippen LogP contribution in [0.3, 0.4) is 0 Å². The highest BCUT2D eigenvalue weighted by molar-refractivity contribution is 5.76. The maximum absolute atomic E-state index is 11.9. The summed E-state index contributed by atoms with van der Waals surface area (Å²) < 4.78 is 5.48. The molecule has 0 radical (unpaired) electrons. The third kappa shape index (κ3) is 2.84. The minimum Gasteiger partial charge on any atom is -0.469 e. The zero-order chi connectivity index (χ0) is 13.1. The Morgan fingerprint density at radius 2 is 2.21 bits per heavy atom. The Bertz CT molecular complexity index is 435. The first-order valence-electron chi connectivity index (χ1n) is 7.42. The summed E-state index contributed by atoms with van der Waals surface area (Å²) in [7, 11) is 0. The van der Waals surface area contributed by atoms with Crippen LogP contribution in [0.1, 0.15) is 49.5 Å². The summed E-state index contributed by atoms with van der Waals surface area (Å²) in [6.45, 7) is 2.67. The summed E-state index contributed by atoms with van der Waals surface area (Å²) in [4.78, 5) is 13.9. The van der Waals surface area contributed by atoms with Gasteiger partial charge in [0, 0.05) is 44.1 Å². The van der Waals surface area contributed by atoms with Crippen molar-refractivity contribution >= 4 is 5.91 Å². The molecule has 1 saturated heterocycles. The van der Waals surface area contributed by atoms with Gasteiger partial charge in [0.1, 0.15) is 5.76 Å². The minimum absolute atomic E-state index is 0.299. The molecule has 4 nitrogen and oxygen atoms in total. The second-order valence-corrected chi connectivity index (χ2v) is 5.54. The van der Waals surface area contributed by atoms with Gasteiger partial charge in [-0.05, 0) is 31.7 Å². The molecule has 1 aromatic heterocycles. The molecule has 19 heavy (non-hydrogen) atoms. The van der Waals surface area contributed by atoms with Gasteiger partial charge in [-0.2, -0.15) is 0 Å².